The van der Waals surface area contributed by atoms with E-state index in [9.17, 15) is 9.59 Å². The first-order chi connectivity index (χ1) is 7.71. The molecule has 0 spiro atoms. The maximum atomic E-state index is 12.3. The molecule has 0 bridgehead atoms. The van der Waals surface area contributed by atoms with E-state index >= 15 is 0 Å². The standard InChI is InChI=1S/C14H23NO2/c1-7-8-15-12(16)10(9(2)3)11(13(15)17)14(4,5)6/h9H,7-8H2,1-6H3. The van der Waals surface area contributed by atoms with Crippen molar-refractivity contribution in [2.75, 3.05) is 6.54 Å². The number of rotatable bonds is 3. The zero-order valence-electron chi connectivity index (χ0n) is 11.8. The molecule has 1 aliphatic rings. The zero-order valence-corrected chi connectivity index (χ0v) is 11.8. The topological polar surface area (TPSA) is 37.4 Å². The number of carbonyl (C=O) groups is 2. The van der Waals surface area contributed by atoms with Gasteiger partial charge in [0.2, 0.25) is 0 Å². The van der Waals surface area contributed by atoms with Gasteiger partial charge in [-0.05, 0) is 17.8 Å². The molecule has 0 saturated carbocycles. The van der Waals surface area contributed by atoms with Crippen molar-refractivity contribution in [3.05, 3.63) is 11.1 Å². The quantitative estimate of drug-likeness (QED) is 0.708. The minimum Gasteiger partial charge on any atom is -0.275 e. The lowest BCUT2D eigenvalue weighted by Crippen LogP contribution is -2.34. The summed E-state index contributed by atoms with van der Waals surface area (Å²) in [5.41, 5.74) is 1.14. The molecule has 0 aromatic carbocycles. The third-order valence-corrected chi connectivity index (χ3v) is 2.98. The summed E-state index contributed by atoms with van der Waals surface area (Å²) < 4.78 is 0. The highest BCUT2D eigenvalue weighted by Crippen LogP contribution is 2.37. The number of amides is 2. The van der Waals surface area contributed by atoms with Crippen molar-refractivity contribution in [3.63, 3.8) is 0 Å². The van der Waals surface area contributed by atoms with Crippen molar-refractivity contribution < 1.29 is 9.59 Å². The van der Waals surface area contributed by atoms with E-state index in [1.54, 1.807) is 0 Å². The maximum absolute atomic E-state index is 12.3. The van der Waals surface area contributed by atoms with Crippen molar-refractivity contribution in [1.82, 2.24) is 4.90 Å². The van der Waals surface area contributed by atoms with Crippen LogP contribution in [0.15, 0.2) is 11.1 Å². The lowest BCUT2D eigenvalue weighted by atomic mass is 9.81. The minimum absolute atomic E-state index is 0.0863. The van der Waals surface area contributed by atoms with Gasteiger partial charge in [0.15, 0.2) is 0 Å². The van der Waals surface area contributed by atoms with Crippen LogP contribution in [0.5, 0.6) is 0 Å². The summed E-state index contributed by atoms with van der Waals surface area (Å²) in [6, 6.07) is 0. The number of carbonyl (C=O) groups excluding carboxylic acids is 2. The van der Waals surface area contributed by atoms with Gasteiger partial charge in [0.25, 0.3) is 11.8 Å². The van der Waals surface area contributed by atoms with Gasteiger partial charge < -0.3 is 0 Å². The van der Waals surface area contributed by atoms with Crippen LogP contribution in [0.1, 0.15) is 48.0 Å². The van der Waals surface area contributed by atoms with Gasteiger partial charge in [-0.1, -0.05) is 41.5 Å². The molecule has 1 heterocycles. The second-order valence-electron chi connectivity index (χ2n) is 5.96. The Labute approximate surface area is 104 Å². The first-order valence-corrected chi connectivity index (χ1v) is 6.32. The van der Waals surface area contributed by atoms with Crippen LogP contribution in [0, 0.1) is 11.3 Å². The molecule has 0 aliphatic carbocycles. The van der Waals surface area contributed by atoms with Crippen molar-refractivity contribution in [2.45, 2.75) is 48.0 Å². The minimum atomic E-state index is -0.269. The van der Waals surface area contributed by atoms with Crippen LogP contribution < -0.4 is 0 Å². The summed E-state index contributed by atoms with van der Waals surface area (Å²) in [7, 11) is 0. The first-order valence-electron chi connectivity index (χ1n) is 6.32. The predicted octanol–water partition coefficient (Wildman–Crippen LogP) is 2.76. The monoisotopic (exact) mass is 237 g/mol. The van der Waals surface area contributed by atoms with Gasteiger partial charge in [0, 0.05) is 17.7 Å². The molecule has 3 heteroatoms. The number of imide groups is 1. The van der Waals surface area contributed by atoms with E-state index in [2.05, 4.69) is 0 Å². The summed E-state index contributed by atoms with van der Waals surface area (Å²) in [4.78, 5) is 26.0. The normalized spacial score (nSPS) is 17.7. The fourth-order valence-corrected chi connectivity index (χ4v) is 2.28. The Morgan fingerprint density at radius 1 is 1.12 bits per heavy atom. The van der Waals surface area contributed by atoms with Gasteiger partial charge in [0.1, 0.15) is 0 Å². The van der Waals surface area contributed by atoms with Gasteiger partial charge >= 0.3 is 0 Å². The van der Waals surface area contributed by atoms with Gasteiger partial charge in [-0.2, -0.15) is 0 Å². The first kappa shape index (κ1) is 13.9. The van der Waals surface area contributed by atoms with E-state index in [4.69, 9.17) is 0 Å². The Morgan fingerprint density at radius 2 is 1.65 bits per heavy atom. The fraction of sp³-hybridized carbons (Fsp3) is 0.714. The average molecular weight is 237 g/mol. The predicted molar refractivity (Wildman–Crippen MR) is 68.3 cm³/mol. The molecule has 0 unspecified atom stereocenters. The molecule has 0 aromatic heterocycles. The molecule has 3 nitrogen and oxygen atoms in total. The Morgan fingerprint density at radius 3 is 1.94 bits per heavy atom. The van der Waals surface area contributed by atoms with Crippen LogP contribution >= 0.6 is 0 Å². The van der Waals surface area contributed by atoms with Crippen molar-refractivity contribution >= 4 is 11.8 Å². The highest BCUT2D eigenvalue weighted by atomic mass is 16.2. The smallest absolute Gasteiger partial charge is 0.257 e. The van der Waals surface area contributed by atoms with Gasteiger partial charge in [-0.25, -0.2) is 0 Å². The Bertz CT molecular complexity index is 372. The van der Waals surface area contributed by atoms with Crippen LogP contribution in [-0.4, -0.2) is 23.3 Å². The second-order valence-corrected chi connectivity index (χ2v) is 5.96. The molecule has 0 N–H and O–H groups in total. The highest BCUT2D eigenvalue weighted by molar-refractivity contribution is 6.20. The summed E-state index contributed by atoms with van der Waals surface area (Å²) in [6.07, 6.45) is 0.806. The molecule has 0 aromatic rings. The lowest BCUT2D eigenvalue weighted by molar-refractivity contribution is -0.138. The third-order valence-electron chi connectivity index (χ3n) is 2.98. The van der Waals surface area contributed by atoms with E-state index in [1.807, 2.05) is 41.5 Å². The van der Waals surface area contributed by atoms with Gasteiger partial charge in [-0.3, -0.25) is 14.5 Å². The highest BCUT2D eigenvalue weighted by Gasteiger charge is 2.43. The lowest BCUT2D eigenvalue weighted by Gasteiger charge is -2.21. The number of hydrogen-bond donors (Lipinski definition) is 0. The molecule has 0 saturated heterocycles. The number of nitrogens with zero attached hydrogens (tertiary/aromatic N) is 1. The molecule has 96 valence electrons. The Hall–Kier alpha value is -1.12. The van der Waals surface area contributed by atoms with E-state index in [0.29, 0.717) is 17.7 Å². The molecule has 17 heavy (non-hydrogen) atoms. The summed E-state index contributed by atoms with van der Waals surface area (Å²) in [6.45, 7) is 12.4. The summed E-state index contributed by atoms with van der Waals surface area (Å²) >= 11 is 0. The van der Waals surface area contributed by atoms with E-state index < -0.39 is 0 Å². The molecular formula is C14H23NO2. The molecule has 0 radical (unpaired) electrons. The SMILES string of the molecule is CCCN1C(=O)C(C(C)C)=C(C(C)(C)C)C1=O. The van der Waals surface area contributed by atoms with Gasteiger partial charge in [-0.15, -0.1) is 0 Å². The van der Waals surface area contributed by atoms with Gasteiger partial charge in [0.05, 0.1) is 0 Å². The van der Waals surface area contributed by atoms with Crippen molar-refractivity contribution in [2.24, 2.45) is 11.3 Å². The third kappa shape index (κ3) is 2.43. The molecule has 2 amide bonds. The summed E-state index contributed by atoms with van der Waals surface area (Å²) in [5, 5.41) is 0. The molecule has 1 aliphatic heterocycles. The van der Waals surface area contributed by atoms with Crippen molar-refractivity contribution in [3.8, 4) is 0 Å². The Balaban J connectivity index is 3.27. The second kappa shape index (κ2) is 4.63. The zero-order chi connectivity index (χ0) is 13.4. The van der Waals surface area contributed by atoms with E-state index in [1.165, 1.54) is 4.90 Å². The summed E-state index contributed by atoms with van der Waals surface area (Å²) in [5.74, 6) is -0.0765. The van der Waals surface area contributed by atoms with Crippen LogP contribution in [-0.2, 0) is 9.59 Å². The molecule has 0 atom stereocenters. The number of hydrogen-bond acceptors (Lipinski definition) is 2. The average Bonchev–Trinajstić information content (AvgIpc) is 2.41. The van der Waals surface area contributed by atoms with Crippen LogP contribution in [0.4, 0.5) is 0 Å². The van der Waals surface area contributed by atoms with Crippen LogP contribution in [0.2, 0.25) is 0 Å². The maximum Gasteiger partial charge on any atom is 0.257 e. The molecule has 1 rings (SSSR count). The Kier molecular flexibility index (Phi) is 3.80. The van der Waals surface area contributed by atoms with E-state index in [0.717, 1.165) is 6.42 Å². The fourth-order valence-electron chi connectivity index (χ4n) is 2.28. The van der Waals surface area contributed by atoms with Crippen LogP contribution in [0.25, 0.3) is 0 Å². The van der Waals surface area contributed by atoms with Crippen LogP contribution in [0.3, 0.4) is 0 Å². The van der Waals surface area contributed by atoms with E-state index in [-0.39, 0.29) is 23.1 Å². The molecular weight excluding hydrogens is 214 g/mol. The largest absolute Gasteiger partial charge is 0.275 e. The van der Waals surface area contributed by atoms with Crippen molar-refractivity contribution in [1.29, 1.82) is 0 Å². The molecule has 0 fully saturated rings.